The summed E-state index contributed by atoms with van der Waals surface area (Å²) in [5, 5.41) is 0. The zero-order valence-electron chi connectivity index (χ0n) is 8.56. The Morgan fingerprint density at radius 2 is 1.33 bits per heavy atom. The van der Waals surface area contributed by atoms with Crippen LogP contribution in [0.1, 0.15) is 34.1 Å². The zero-order chi connectivity index (χ0) is 9.70. The average molecular weight is 514 g/mol. The summed E-state index contributed by atoms with van der Waals surface area (Å²) < 4.78 is 4.54. The predicted molar refractivity (Wildman–Crippen MR) is 86.1 cm³/mol. The van der Waals surface area contributed by atoms with Gasteiger partial charge in [0.25, 0.3) is 0 Å². The first-order valence-electron chi connectivity index (χ1n) is 3.82. The van der Waals surface area contributed by atoms with E-state index in [1.807, 2.05) is 6.92 Å². The number of hydrogen-bond donors (Lipinski definition) is 0. The molecule has 0 saturated heterocycles. The summed E-state index contributed by atoms with van der Waals surface area (Å²) in [7, 11) is 1.68. The van der Waals surface area contributed by atoms with Crippen LogP contribution in [0.5, 0.6) is 0 Å². The molecule has 80 valence electrons. The molecular weight excluding hydrogens is 493 g/mol. The van der Waals surface area contributed by atoms with Gasteiger partial charge in [-0.2, -0.15) is 0 Å². The van der Waals surface area contributed by atoms with E-state index < -0.39 is 0 Å². The number of ether oxygens (including phenoxy) is 1. The Morgan fingerprint density at radius 3 is 1.33 bits per heavy atom. The molecule has 0 rings (SSSR count). The van der Waals surface area contributed by atoms with Crippen LogP contribution in [0.3, 0.4) is 0 Å². The highest BCUT2D eigenvalue weighted by Crippen LogP contribution is 1.93. The van der Waals surface area contributed by atoms with Gasteiger partial charge in [0.2, 0.25) is 0 Å². The minimum atomic E-state index is 0. The Balaban J connectivity index is -0.0000000419. The van der Waals surface area contributed by atoms with Crippen LogP contribution in [0.4, 0.5) is 0 Å². The molecule has 0 aromatic rings. The molecule has 0 aromatic carbocycles. The van der Waals surface area contributed by atoms with E-state index in [-0.39, 0.29) is 24.0 Å². The molecule has 0 saturated carbocycles. The van der Waals surface area contributed by atoms with Gasteiger partial charge in [-0.3, -0.25) is 0 Å². The van der Waals surface area contributed by atoms with Crippen molar-refractivity contribution in [1.82, 2.24) is 0 Å². The summed E-state index contributed by atoms with van der Waals surface area (Å²) in [6.45, 7) is 9.42. The lowest BCUT2D eigenvalue weighted by molar-refractivity contribution is 0.215. The molecule has 0 radical (unpaired) electrons. The van der Waals surface area contributed by atoms with Crippen molar-refractivity contribution in [1.29, 1.82) is 0 Å². The lowest BCUT2D eigenvalue weighted by Gasteiger charge is -1.90. The fourth-order valence-corrected chi connectivity index (χ4v) is 0. The van der Waals surface area contributed by atoms with Crippen LogP contribution in [0.15, 0.2) is 0 Å². The molecule has 0 bridgehead atoms. The fraction of sp³-hybridized carbons (Fsp3) is 1.00. The van der Waals surface area contributed by atoms with Gasteiger partial charge < -0.3 is 4.74 Å². The third-order valence-corrected chi connectivity index (χ3v) is 1.11. The number of halogens is 3. The van der Waals surface area contributed by atoms with Crippen molar-refractivity contribution in [3.63, 3.8) is 0 Å². The lowest BCUT2D eigenvalue weighted by atomic mass is 10.2. The molecule has 0 aromatic heterocycles. The maximum atomic E-state index is 4.54. The lowest BCUT2D eigenvalue weighted by Crippen LogP contribution is -1.77. The molecule has 4 heteroatoms. The molecule has 0 spiro atoms. The summed E-state index contributed by atoms with van der Waals surface area (Å²) >= 11 is 4.24. The van der Waals surface area contributed by atoms with E-state index in [0.29, 0.717) is 0 Å². The Hall–Kier alpha value is 2.15. The smallest absolute Gasteiger partial charge is 0.0433 e. The van der Waals surface area contributed by atoms with Crippen molar-refractivity contribution in [2.24, 2.45) is 5.92 Å². The molecule has 0 N–H and O–H groups in total. The van der Waals surface area contributed by atoms with E-state index in [1.54, 1.807) is 7.11 Å². The molecule has 12 heavy (non-hydrogen) atoms. The third kappa shape index (κ3) is 57.0. The average Bonchev–Trinajstić information content (AvgIpc) is 2.08. The van der Waals surface area contributed by atoms with Gasteiger partial charge in [-0.15, -0.1) is 24.0 Å². The summed E-state index contributed by atoms with van der Waals surface area (Å²) in [6, 6.07) is 0. The highest BCUT2D eigenvalue weighted by molar-refractivity contribution is 15.0. The molecule has 1 nitrogen and oxygen atoms in total. The van der Waals surface area contributed by atoms with E-state index in [4.69, 9.17) is 0 Å². The minimum Gasteiger partial charge on any atom is -0.385 e. The van der Waals surface area contributed by atoms with E-state index in [2.05, 4.69) is 62.7 Å². The Bertz CT molecular complexity index is 41.3. The number of rotatable bonds is 2. The maximum Gasteiger partial charge on any atom is 0.0433 e. The molecular formula is C8H21I3O. The second-order valence-corrected chi connectivity index (χ2v) is 2.38. The van der Waals surface area contributed by atoms with Crippen LogP contribution in [-0.4, -0.2) is 13.7 Å². The van der Waals surface area contributed by atoms with Crippen molar-refractivity contribution in [2.45, 2.75) is 34.1 Å². The van der Waals surface area contributed by atoms with Gasteiger partial charge in [0.05, 0.1) is 0 Å². The number of methoxy groups -OCH3 is 1. The van der Waals surface area contributed by atoms with Crippen molar-refractivity contribution in [3.05, 3.63) is 0 Å². The molecule has 0 aliphatic heterocycles. The highest BCUT2D eigenvalue weighted by Gasteiger charge is 1.80. The highest BCUT2D eigenvalue weighted by atomic mass is 128. The minimum absolute atomic E-state index is 0. The largest absolute Gasteiger partial charge is 0.385 e. The van der Waals surface area contributed by atoms with Crippen LogP contribution >= 0.6 is 61.2 Å². The molecule has 0 aliphatic carbocycles. The normalized spacial score (nSPS) is 7.00. The summed E-state index contributed by atoms with van der Waals surface area (Å²) in [5.74, 6) is 0.884. The van der Waals surface area contributed by atoms with Crippen molar-refractivity contribution in [2.75, 3.05) is 13.7 Å². The van der Waals surface area contributed by atoms with E-state index in [9.17, 15) is 0 Å². The van der Waals surface area contributed by atoms with Crippen LogP contribution in [0.2, 0.25) is 0 Å². The van der Waals surface area contributed by atoms with E-state index in [0.717, 1.165) is 12.5 Å². The topological polar surface area (TPSA) is 9.23 Å². The summed E-state index contributed by atoms with van der Waals surface area (Å²) in [4.78, 5) is 0. The Morgan fingerprint density at radius 1 is 1.17 bits per heavy atom. The number of hydrogen-bond acceptors (Lipinski definition) is 1. The van der Waals surface area contributed by atoms with Crippen LogP contribution in [-0.2, 0) is 4.74 Å². The van der Waals surface area contributed by atoms with Gasteiger partial charge in [-0.05, 0) is 12.8 Å². The van der Waals surface area contributed by atoms with Gasteiger partial charge >= 0.3 is 0 Å². The molecule has 0 atom stereocenters. The zero-order valence-corrected chi connectivity index (χ0v) is 15.2. The molecule has 0 heterocycles. The van der Waals surface area contributed by atoms with Crippen LogP contribution < -0.4 is 0 Å². The van der Waals surface area contributed by atoms with Gasteiger partial charge in [0.1, 0.15) is 0 Å². The van der Waals surface area contributed by atoms with E-state index in [1.165, 1.54) is 6.42 Å². The van der Waals surface area contributed by atoms with E-state index >= 15 is 0 Å². The Kier molecular flexibility index (Phi) is 57.8. The fourth-order valence-electron chi connectivity index (χ4n) is 0. The molecule has 0 unspecified atom stereocenters. The summed E-state index contributed by atoms with van der Waals surface area (Å²) in [5.41, 5.74) is 0. The van der Waals surface area contributed by atoms with Gasteiger partial charge in [0, 0.05) is 50.9 Å². The molecule has 0 amide bonds. The van der Waals surface area contributed by atoms with Crippen molar-refractivity contribution >= 4 is 61.2 Å². The van der Waals surface area contributed by atoms with Gasteiger partial charge in [0.15, 0.2) is 0 Å². The maximum absolute atomic E-state index is 4.54. The predicted octanol–water partition coefficient (Wildman–Crippen LogP) is 5.09. The standard InChI is InChI=1S/C5H12.C3H8O.I2.HI/c1-4-5(2)3;1-3-4-2;1-2;/h5H,4H2,1-3H3;3H2,1-2H3;;1H. The quantitative estimate of drug-likeness (QED) is 0.467. The van der Waals surface area contributed by atoms with Gasteiger partial charge in [-0.25, -0.2) is 0 Å². The molecule has 0 fully saturated rings. The van der Waals surface area contributed by atoms with Gasteiger partial charge in [-0.1, -0.05) is 27.2 Å². The third-order valence-electron chi connectivity index (χ3n) is 1.11. The SMILES string of the molecule is CCC(C)C.CCOC.I.II. The molecule has 0 aliphatic rings. The monoisotopic (exact) mass is 514 g/mol. The van der Waals surface area contributed by atoms with Crippen LogP contribution in [0, 0.1) is 5.92 Å². The Labute approximate surface area is 118 Å². The van der Waals surface area contributed by atoms with Crippen molar-refractivity contribution < 1.29 is 4.74 Å². The second-order valence-electron chi connectivity index (χ2n) is 2.38. The first-order valence-corrected chi connectivity index (χ1v) is 10.1. The first-order chi connectivity index (χ1) is 5.18. The van der Waals surface area contributed by atoms with Crippen molar-refractivity contribution in [3.8, 4) is 0 Å². The summed E-state index contributed by atoms with van der Waals surface area (Å²) in [6.07, 6.45) is 1.31. The van der Waals surface area contributed by atoms with Crippen LogP contribution in [0.25, 0.3) is 0 Å². The second kappa shape index (κ2) is 29.2. The first kappa shape index (κ1) is 23.8.